The summed E-state index contributed by atoms with van der Waals surface area (Å²) in [6.45, 7) is 19.3. The first-order valence-electron chi connectivity index (χ1n) is 13.4. The van der Waals surface area contributed by atoms with E-state index >= 15 is 0 Å². The van der Waals surface area contributed by atoms with Gasteiger partial charge in [0.15, 0.2) is 0 Å². The lowest BCUT2D eigenvalue weighted by Crippen LogP contribution is -2.56. The Hall–Kier alpha value is -0.790. The van der Waals surface area contributed by atoms with Crippen molar-refractivity contribution < 1.29 is 9.53 Å². The van der Waals surface area contributed by atoms with Crippen LogP contribution < -0.4 is 0 Å². The van der Waals surface area contributed by atoms with Crippen LogP contribution in [0.4, 0.5) is 0 Å². The molecule has 4 rings (SSSR count). The van der Waals surface area contributed by atoms with Crippen LogP contribution in [-0.2, 0) is 9.53 Å². The van der Waals surface area contributed by atoms with E-state index in [1.165, 1.54) is 51.4 Å². The van der Waals surface area contributed by atoms with E-state index in [0.29, 0.717) is 29.1 Å². The molecule has 31 heavy (non-hydrogen) atoms. The van der Waals surface area contributed by atoms with E-state index in [1.54, 1.807) is 0 Å². The van der Waals surface area contributed by atoms with E-state index in [0.717, 1.165) is 42.3 Å². The third kappa shape index (κ3) is 3.63. The van der Waals surface area contributed by atoms with Crippen LogP contribution in [0.2, 0.25) is 0 Å². The van der Waals surface area contributed by atoms with Crippen LogP contribution in [0.25, 0.3) is 0 Å². The van der Waals surface area contributed by atoms with E-state index < -0.39 is 0 Å². The number of ether oxygens (including phenoxy) is 1. The number of hydrogen-bond donors (Lipinski definition) is 0. The lowest BCUT2D eigenvalue weighted by molar-refractivity contribution is -0.146. The molecule has 0 aromatic rings. The van der Waals surface area contributed by atoms with Crippen LogP contribution in [0, 0.1) is 51.8 Å². The molecule has 176 valence electrons. The number of allylic oxidation sites excluding steroid dienone is 1. The van der Waals surface area contributed by atoms with Gasteiger partial charge in [-0.2, -0.15) is 0 Å². The average molecular weight is 429 g/mol. The van der Waals surface area contributed by atoms with Gasteiger partial charge < -0.3 is 4.74 Å². The highest BCUT2D eigenvalue weighted by Crippen LogP contribution is 2.73. The smallest absolute Gasteiger partial charge is 0.310 e. The topological polar surface area (TPSA) is 26.3 Å². The monoisotopic (exact) mass is 428 g/mol. The molecule has 3 saturated carbocycles. The molecule has 0 radical (unpaired) electrons. The van der Waals surface area contributed by atoms with E-state index in [-0.39, 0.29) is 11.4 Å². The number of hydrogen-bond acceptors (Lipinski definition) is 2. The number of cyclic esters (lactones) is 1. The zero-order chi connectivity index (χ0) is 22.6. The molecule has 1 saturated heterocycles. The molecule has 1 aliphatic heterocycles. The molecule has 3 aliphatic carbocycles. The summed E-state index contributed by atoms with van der Waals surface area (Å²) in [6, 6.07) is 0. The van der Waals surface area contributed by atoms with E-state index in [2.05, 4.69) is 48.1 Å². The highest BCUT2D eigenvalue weighted by molar-refractivity contribution is 5.71. The predicted molar refractivity (Wildman–Crippen MR) is 128 cm³/mol. The van der Waals surface area contributed by atoms with E-state index in [4.69, 9.17) is 4.74 Å². The molecule has 4 fully saturated rings. The second kappa shape index (κ2) is 8.21. The number of carbonyl (C=O) groups is 1. The maximum atomic E-state index is 12.2. The van der Waals surface area contributed by atoms with Gasteiger partial charge in [-0.3, -0.25) is 4.79 Å². The summed E-state index contributed by atoms with van der Waals surface area (Å²) in [5.41, 5.74) is 1.10. The van der Waals surface area contributed by atoms with Crippen LogP contribution in [-0.4, -0.2) is 5.97 Å². The fourth-order valence-corrected chi connectivity index (χ4v) is 9.40. The highest BCUT2D eigenvalue weighted by Gasteiger charge is 2.66. The zero-order valence-corrected chi connectivity index (χ0v) is 21.3. The van der Waals surface area contributed by atoms with Gasteiger partial charge in [0.25, 0.3) is 0 Å². The predicted octanol–water partition coefficient (Wildman–Crippen LogP) is 8.16. The molecule has 0 bridgehead atoms. The Balaban J connectivity index is 1.56. The summed E-state index contributed by atoms with van der Waals surface area (Å²) in [5.74, 6) is 5.13. The molecule has 8 atom stereocenters. The molecular weight excluding hydrogens is 380 g/mol. The largest absolute Gasteiger partial charge is 0.431 e. The Morgan fingerprint density at radius 3 is 2.35 bits per heavy atom. The first kappa shape index (κ1) is 23.4. The maximum absolute atomic E-state index is 12.2. The molecular formula is C29H48O2. The molecule has 4 aliphatic rings. The van der Waals surface area contributed by atoms with Crippen LogP contribution in [0.15, 0.2) is 12.3 Å². The van der Waals surface area contributed by atoms with Gasteiger partial charge in [-0.25, -0.2) is 0 Å². The van der Waals surface area contributed by atoms with Gasteiger partial charge >= 0.3 is 5.97 Å². The number of rotatable bonds is 5. The Kier molecular flexibility index (Phi) is 6.19. The highest BCUT2D eigenvalue weighted by atomic mass is 16.5. The quantitative estimate of drug-likeness (QED) is 0.413. The van der Waals surface area contributed by atoms with Crippen molar-refractivity contribution in [2.45, 2.75) is 112 Å². The summed E-state index contributed by atoms with van der Waals surface area (Å²) in [7, 11) is 0. The Morgan fingerprint density at radius 1 is 0.935 bits per heavy atom. The summed E-state index contributed by atoms with van der Waals surface area (Å²) < 4.78 is 5.63. The van der Waals surface area contributed by atoms with Crippen molar-refractivity contribution in [1.29, 1.82) is 0 Å². The summed E-state index contributed by atoms with van der Waals surface area (Å²) in [4.78, 5) is 12.2. The molecule has 0 unspecified atom stereocenters. The minimum Gasteiger partial charge on any atom is -0.431 e. The fourth-order valence-electron chi connectivity index (χ4n) is 9.40. The zero-order valence-electron chi connectivity index (χ0n) is 21.3. The Labute approximate surface area is 192 Å². The summed E-state index contributed by atoms with van der Waals surface area (Å²) in [5, 5.41) is 0. The Bertz CT molecular complexity index is 710. The number of fused-ring (bicyclic) bond motifs is 5. The normalized spacial score (nSPS) is 46.0. The standard InChI is InChI=1S/C29H48O2/c1-19(2)9-8-10-20(3)22-13-17-29(7)25-12-11-23-21(4)31-26(30)15-16-27(23,5)24(25)14-18-28(22,29)6/h19-20,22-25H,4,8-18H2,1-3,5-7H3/t20-,22-,23+,24+,25-,27+,28-,29+/m1/s1. The van der Waals surface area contributed by atoms with Crippen LogP contribution in [0.1, 0.15) is 112 Å². The Morgan fingerprint density at radius 2 is 1.65 bits per heavy atom. The first-order chi connectivity index (χ1) is 14.5. The lowest BCUT2D eigenvalue weighted by atomic mass is 9.41. The van der Waals surface area contributed by atoms with Crippen molar-refractivity contribution in [2.75, 3.05) is 0 Å². The van der Waals surface area contributed by atoms with E-state index in [9.17, 15) is 4.79 Å². The fraction of sp³-hybridized carbons (Fsp3) is 0.897. The van der Waals surface area contributed by atoms with Crippen molar-refractivity contribution in [3.8, 4) is 0 Å². The molecule has 0 N–H and O–H groups in total. The van der Waals surface area contributed by atoms with Gasteiger partial charge in [0.2, 0.25) is 0 Å². The van der Waals surface area contributed by atoms with Crippen LogP contribution in [0.3, 0.4) is 0 Å². The van der Waals surface area contributed by atoms with Crippen LogP contribution >= 0.6 is 0 Å². The van der Waals surface area contributed by atoms with Crippen molar-refractivity contribution >= 4 is 5.97 Å². The molecule has 0 aromatic carbocycles. The second-order valence-electron chi connectivity index (χ2n) is 13.1. The van der Waals surface area contributed by atoms with Gasteiger partial charge in [-0.1, -0.05) is 67.4 Å². The average Bonchev–Trinajstić information content (AvgIpc) is 2.91. The van der Waals surface area contributed by atoms with Crippen molar-refractivity contribution in [3.05, 3.63) is 12.3 Å². The van der Waals surface area contributed by atoms with Gasteiger partial charge in [0.1, 0.15) is 5.76 Å². The molecule has 2 heteroatoms. The van der Waals surface area contributed by atoms with Crippen LogP contribution in [0.5, 0.6) is 0 Å². The molecule has 0 amide bonds. The molecule has 0 aromatic heterocycles. The minimum absolute atomic E-state index is 0.0554. The van der Waals surface area contributed by atoms with Crippen molar-refractivity contribution in [1.82, 2.24) is 0 Å². The minimum atomic E-state index is -0.0554. The maximum Gasteiger partial charge on any atom is 0.310 e. The SMILES string of the molecule is C=C1OC(=O)CC[C@@]2(C)[C@H]1CC[C@@H]1[C@@H]2CC[C@]2(C)[C@@H]([C@H](C)CCCC(C)C)CC[C@@]12C. The second-order valence-corrected chi connectivity index (χ2v) is 13.1. The third-order valence-corrected chi connectivity index (χ3v) is 11.4. The van der Waals surface area contributed by atoms with E-state index in [1.807, 2.05) is 0 Å². The number of carbonyl (C=O) groups excluding carboxylic acids is 1. The summed E-state index contributed by atoms with van der Waals surface area (Å²) >= 11 is 0. The van der Waals surface area contributed by atoms with Gasteiger partial charge in [-0.15, -0.1) is 0 Å². The lowest BCUT2D eigenvalue weighted by Gasteiger charge is -2.63. The van der Waals surface area contributed by atoms with Gasteiger partial charge in [-0.05, 0) is 90.8 Å². The van der Waals surface area contributed by atoms with Gasteiger partial charge in [0.05, 0.1) is 0 Å². The molecule has 1 heterocycles. The van der Waals surface area contributed by atoms with Gasteiger partial charge in [0, 0.05) is 12.3 Å². The molecule has 0 spiro atoms. The number of esters is 1. The molecule has 2 nitrogen and oxygen atoms in total. The van der Waals surface area contributed by atoms with Crippen molar-refractivity contribution in [3.63, 3.8) is 0 Å². The summed E-state index contributed by atoms with van der Waals surface area (Å²) in [6.07, 6.45) is 13.7. The first-order valence-corrected chi connectivity index (χ1v) is 13.4. The third-order valence-electron chi connectivity index (χ3n) is 11.4. The van der Waals surface area contributed by atoms with Crippen molar-refractivity contribution in [2.24, 2.45) is 51.8 Å².